The summed E-state index contributed by atoms with van der Waals surface area (Å²) in [5.41, 5.74) is 6.93. The van der Waals surface area contributed by atoms with Gasteiger partial charge in [0.15, 0.2) is 0 Å². The van der Waals surface area contributed by atoms with Gasteiger partial charge in [0.05, 0.1) is 25.4 Å². The van der Waals surface area contributed by atoms with E-state index in [2.05, 4.69) is 0 Å². The van der Waals surface area contributed by atoms with E-state index in [1.165, 1.54) is 12.1 Å². The lowest BCUT2D eigenvalue weighted by Crippen LogP contribution is -2.27. The molecule has 1 aromatic rings. The average molecular weight is 285 g/mol. The molecule has 0 radical (unpaired) electrons. The number of ether oxygens (including phenoxy) is 3. The molecule has 0 saturated carbocycles. The summed E-state index contributed by atoms with van der Waals surface area (Å²) in [5.74, 6) is -0.265. The Morgan fingerprint density at radius 2 is 1.80 bits per heavy atom. The summed E-state index contributed by atoms with van der Waals surface area (Å²) >= 11 is 0. The molecular weight excluding hydrogens is 261 g/mol. The summed E-state index contributed by atoms with van der Waals surface area (Å²) in [4.78, 5) is 0. The molecule has 0 aliphatic heterocycles. The Balaban J connectivity index is 2.18. The van der Waals surface area contributed by atoms with E-state index in [9.17, 15) is 4.39 Å². The summed E-state index contributed by atoms with van der Waals surface area (Å²) in [5, 5.41) is 0. The van der Waals surface area contributed by atoms with Crippen molar-refractivity contribution in [3.05, 3.63) is 35.6 Å². The molecule has 0 amide bonds. The van der Waals surface area contributed by atoms with Crippen LogP contribution >= 0.6 is 0 Å². The Hall–Kier alpha value is -1.01. The van der Waals surface area contributed by atoms with Crippen molar-refractivity contribution in [1.82, 2.24) is 0 Å². The first-order chi connectivity index (χ1) is 9.65. The van der Waals surface area contributed by atoms with Gasteiger partial charge >= 0.3 is 0 Å². The first-order valence-electron chi connectivity index (χ1n) is 6.84. The fourth-order valence-electron chi connectivity index (χ4n) is 1.76. The molecule has 4 nitrogen and oxygen atoms in total. The van der Waals surface area contributed by atoms with Gasteiger partial charge in [0, 0.05) is 20.3 Å². The van der Waals surface area contributed by atoms with E-state index in [4.69, 9.17) is 19.9 Å². The maximum Gasteiger partial charge on any atom is 0.123 e. The van der Waals surface area contributed by atoms with E-state index in [-0.39, 0.29) is 18.0 Å². The zero-order valence-corrected chi connectivity index (χ0v) is 12.2. The molecule has 2 atom stereocenters. The molecule has 0 aromatic heterocycles. The van der Waals surface area contributed by atoms with Crippen LogP contribution in [0.4, 0.5) is 4.39 Å². The van der Waals surface area contributed by atoms with Crippen LogP contribution in [0.1, 0.15) is 24.9 Å². The fraction of sp³-hybridized carbons (Fsp3) is 0.600. The lowest BCUT2D eigenvalue weighted by atomic mass is 10.0. The van der Waals surface area contributed by atoms with Gasteiger partial charge in [-0.3, -0.25) is 0 Å². The number of benzene rings is 1. The molecule has 0 saturated heterocycles. The van der Waals surface area contributed by atoms with E-state index < -0.39 is 0 Å². The number of methoxy groups -OCH3 is 1. The second-order valence-electron chi connectivity index (χ2n) is 4.61. The molecule has 0 aliphatic carbocycles. The highest BCUT2D eigenvalue weighted by atomic mass is 19.1. The van der Waals surface area contributed by atoms with E-state index in [0.29, 0.717) is 26.4 Å². The van der Waals surface area contributed by atoms with E-state index >= 15 is 0 Å². The number of hydrogen-bond donors (Lipinski definition) is 1. The van der Waals surface area contributed by atoms with Gasteiger partial charge in [0.2, 0.25) is 0 Å². The maximum absolute atomic E-state index is 12.8. The monoisotopic (exact) mass is 285 g/mol. The third-order valence-electron chi connectivity index (χ3n) is 3.01. The van der Waals surface area contributed by atoms with Gasteiger partial charge in [-0.05, 0) is 31.0 Å². The Labute approximate surface area is 120 Å². The highest BCUT2D eigenvalue weighted by molar-refractivity contribution is 5.20. The smallest absolute Gasteiger partial charge is 0.123 e. The van der Waals surface area contributed by atoms with Crippen LogP contribution in [-0.2, 0) is 14.2 Å². The van der Waals surface area contributed by atoms with Gasteiger partial charge in [0.1, 0.15) is 5.82 Å². The Morgan fingerprint density at radius 1 is 1.10 bits per heavy atom. The first-order valence-corrected chi connectivity index (χ1v) is 6.84. The maximum atomic E-state index is 12.8. The van der Waals surface area contributed by atoms with Crippen LogP contribution in [-0.4, -0.2) is 39.6 Å². The van der Waals surface area contributed by atoms with Crippen LogP contribution in [0.15, 0.2) is 24.3 Å². The van der Waals surface area contributed by atoms with Crippen molar-refractivity contribution in [3.8, 4) is 0 Å². The Bertz CT molecular complexity index is 359. The molecular formula is C15H24FNO3. The molecule has 0 spiro atoms. The lowest BCUT2D eigenvalue weighted by molar-refractivity contribution is -0.00118. The third kappa shape index (κ3) is 6.43. The van der Waals surface area contributed by atoms with E-state index in [0.717, 1.165) is 12.0 Å². The summed E-state index contributed by atoms with van der Waals surface area (Å²) in [6.45, 7) is 4.29. The van der Waals surface area contributed by atoms with Crippen molar-refractivity contribution >= 4 is 0 Å². The van der Waals surface area contributed by atoms with Crippen molar-refractivity contribution < 1.29 is 18.6 Å². The van der Waals surface area contributed by atoms with Crippen LogP contribution in [0.25, 0.3) is 0 Å². The minimum atomic E-state index is -0.274. The number of hydrogen-bond acceptors (Lipinski definition) is 4. The quantitative estimate of drug-likeness (QED) is 0.670. The molecule has 2 N–H and O–H groups in total. The van der Waals surface area contributed by atoms with Crippen molar-refractivity contribution in [2.45, 2.75) is 25.5 Å². The summed E-state index contributed by atoms with van der Waals surface area (Å²) < 4.78 is 28.8. The average Bonchev–Trinajstić information content (AvgIpc) is 2.46. The van der Waals surface area contributed by atoms with Gasteiger partial charge in [-0.25, -0.2) is 4.39 Å². The minimum Gasteiger partial charge on any atom is -0.385 e. The van der Waals surface area contributed by atoms with Gasteiger partial charge in [-0.2, -0.15) is 0 Å². The molecule has 0 fully saturated rings. The normalized spacial score (nSPS) is 14.2. The van der Waals surface area contributed by atoms with Crippen molar-refractivity contribution in [1.29, 1.82) is 0 Å². The second-order valence-corrected chi connectivity index (χ2v) is 4.61. The van der Waals surface area contributed by atoms with Gasteiger partial charge in [-0.15, -0.1) is 0 Å². The summed E-state index contributed by atoms with van der Waals surface area (Å²) in [6.07, 6.45) is 0.726. The predicted octanol–water partition coefficient (Wildman–Crippen LogP) is 2.28. The molecule has 114 valence electrons. The van der Waals surface area contributed by atoms with Gasteiger partial charge in [-0.1, -0.05) is 12.1 Å². The van der Waals surface area contributed by atoms with Crippen LogP contribution < -0.4 is 5.73 Å². The van der Waals surface area contributed by atoms with Crippen LogP contribution in [0, 0.1) is 5.82 Å². The largest absolute Gasteiger partial charge is 0.385 e. The molecule has 1 rings (SSSR count). The Kier molecular flexibility index (Phi) is 8.37. The molecule has 2 unspecified atom stereocenters. The molecule has 5 heteroatoms. The van der Waals surface area contributed by atoms with Crippen LogP contribution in [0.3, 0.4) is 0 Å². The summed E-state index contributed by atoms with van der Waals surface area (Å²) in [7, 11) is 1.67. The van der Waals surface area contributed by atoms with Crippen LogP contribution in [0.5, 0.6) is 0 Å². The van der Waals surface area contributed by atoms with Gasteiger partial charge < -0.3 is 19.9 Å². The van der Waals surface area contributed by atoms with Crippen molar-refractivity contribution in [3.63, 3.8) is 0 Å². The SMILES string of the molecule is COCCCOCCOC(C)C(N)c1ccc(F)cc1. The highest BCUT2D eigenvalue weighted by Crippen LogP contribution is 2.16. The minimum absolute atomic E-state index is 0.150. The predicted molar refractivity (Wildman–Crippen MR) is 76.1 cm³/mol. The number of rotatable bonds is 10. The lowest BCUT2D eigenvalue weighted by Gasteiger charge is -2.21. The molecule has 0 aliphatic rings. The zero-order valence-electron chi connectivity index (χ0n) is 12.2. The van der Waals surface area contributed by atoms with Gasteiger partial charge in [0.25, 0.3) is 0 Å². The molecule has 0 bridgehead atoms. The number of nitrogens with two attached hydrogens (primary N) is 1. The van der Waals surface area contributed by atoms with E-state index in [1.807, 2.05) is 6.92 Å². The highest BCUT2D eigenvalue weighted by Gasteiger charge is 2.15. The second kappa shape index (κ2) is 9.83. The standard InChI is InChI=1S/C15H24FNO3/c1-12(20-11-10-19-9-3-8-18-2)15(17)13-4-6-14(16)7-5-13/h4-7,12,15H,3,8-11,17H2,1-2H3. The van der Waals surface area contributed by atoms with E-state index in [1.54, 1.807) is 19.2 Å². The van der Waals surface area contributed by atoms with Crippen LogP contribution in [0.2, 0.25) is 0 Å². The third-order valence-corrected chi connectivity index (χ3v) is 3.01. The Morgan fingerprint density at radius 3 is 2.45 bits per heavy atom. The van der Waals surface area contributed by atoms with Crippen molar-refractivity contribution in [2.24, 2.45) is 5.73 Å². The zero-order chi connectivity index (χ0) is 14.8. The fourth-order valence-corrected chi connectivity index (χ4v) is 1.76. The summed E-state index contributed by atoms with van der Waals surface area (Å²) in [6, 6.07) is 5.90. The topological polar surface area (TPSA) is 53.7 Å². The molecule has 0 heterocycles. The van der Waals surface area contributed by atoms with Crippen molar-refractivity contribution in [2.75, 3.05) is 33.5 Å². The molecule has 1 aromatic carbocycles. The number of halogens is 1. The molecule has 20 heavy (non-hydrogen) atoms. The first kappa shape index (κ1) is 17.0.